The number of fused-ring (bicyclic) bond motifs is 1. The van der Waals surface area contributed by atoms with Crippen LogP contribution >= 0.6 is 0 Å². The molecule has 1 heterocycles. The van der Waals surface area contributed by atoms with Gasteiger partial charge in [0.25, 0.3) is 0 Å². The number of hydrogen-bond acceptors (Lipinski definition) is 5. The zero-order valence-corrected chi connectivity index (χ0v) is 11.9. The Morgan fingerprint density at radius 1 is 1.00 bits per heavy atom. The van der Waals surface area contributed by atoms with E-state index in [1.54, 1.807) is 7.11 Å². The second-order valence-corrected chi connectivity index (χ2v) is 5.55. The van der Waals surface area contributed by atoms with Gasteiger partial charge in [-0.25, -0.2) is 0 Å². The van der Waals surface area contributed by atoms with E-state index in [1.165, 1.54) is 6.42 Å². The van der Waals surface area contributed by atoms with Gasteiger partial charge in [0.15, 0.2) is 0 Å². The molecule has 2 rings (SSSR count). The summed E-state index contributed by atoms with van der Waals surface area (Å²) >= 11 is 0. The summed E-state index contributed by atoms with van der Waals surface area (Å²) in [5, 5.41) is 9.84. The Morgan fingerprint density at radius 2 is 1.74 bits per heavy atom. The molecule has 0 spiro atoms. The van der Waals surface area contributed by atoms with E-state index in [9.17, 15) is 5.11 Å². The number of ether oxygens (including phenoxy) is 3. The van der Waals surface area contributed by atoms with Crippen LogP contribution in [0.1, 0.15) is 12.8 Å². The SMILES string of the molecule is COCCOCCOCCN1CC2CCC(O)C2C1. The lowest BCUT2D eigenvalue weighted by atomic mass is 10.00. The Morgan fingerprint density at radius 3 is 2.47 bits per heavy atom. The highest BCUT2D eigenvalue weighted by molar-refractivity contribution is 4.93. The van der Waals surface area contributed by atoms with Crippen LogP contribution in [0.2, 0.25) is 0 Å². The molecular weight excluding hydrogens is 246 g/mol. The second kappa shape index (κ2) is 8.17. The number of aliphatic hydroxyl groups is 1. The van der Waals surface area contributed by atoms with Crippen molar-refractivity contribution in [1.29, 1.82) is 0 Å². The molecule has 0 amide bonds. The van der Waals surface area contributed by atoms with Crippen LogP contribution < -0.4 is 0 Å². The molecule has 112 valence electrons. The first-order valence-corrected chi connectivity index (χ1v) is 7.36. The van der Waals surface area contributed by atoms with Crippen LogP contribution in [0.25, 0.3) is 0 Å². The average molecular weight is 273 g/mol. The fourth-order valence-electron chi connectivity index (χ4n) is 3.17. The van der Waals surface area contributed by atoms with Crippen LogP contribution in [-0.4, -0.2) is 75.9 Å². The molecule has 5 nitrogen and oxygen atoms in total. The van der Waals surface area contributed by atoms with Crippen molar-refractivity contribution in [2.45, 2.75) is 18.9 Å². The average Bonchev–Trinajstić information content (AvgIpc) is 2.95. The van der Waals surface area contributed by atoms with Crippen molar-refractivity contribution in [2.75, 3.05) is 59.8 Å². The highest BCUT2D eigenvalue weighted by atomic mass is 16.5. The lowest BCUT2D eigenvalue weighted by Gasteiger charge is -2.17. The molecule has 19 heavy (non-hydrogen) atoms. The van der Waals surface area contributed by atoms with Gasteiger partial charge in [-0.2, -0.15) is 0 Å². The minimum atomic E-state index is -0.0647. The fourth-order valence-corrected chi connectivity index (χ4v) is 3.17. The van der Waals surface area contributed by atoms with E-state index in [-0.39, 0.29) is 6.10 Å². The van der Waals surface area contributed by atoms with Gasteiger partial charge < -0.3 is 24.2 Å². The van der Waals surface area contributed by atoms with Crippen molar-refractivity contribution in [3.8, 4) is 0 Å². The summed E-state index contributed by atoms with van der Waals surface area (Å²) in [6.07, 6.45) is 2.12. The van der Waals surface area contributed by atoms with E-state index in [1.807, 2.05) is 0 Å². The molecule has 3 atom stereocenters. The number of hydrogen-bond donors (Lipinski definition) is 1. The van der Waals surface area contributed by atoms with Crippen molar-refractivity contribution in [1.82, 2.24) is 4.90 Å². The summed E-state index contributed by atoms with van der Waals surface area (Å²) in [5.74, 6) is 1.23. The number of aliphatic hydroxyl groups excluding tert-OH is 1. The Balaban J connectivity index is 1.44. The normalized spacial score (nSPS) is 30.9. The predicted molar refractivity (Wildman–Crippen MR) is 72.2 cm³/mol. The molecule has 2 fully saturated rings. The molecule has 1 aliphatic carbocycles. The monoisotopic (exact) mass is 273 g/mol. The topological polar surface area (TPSA) is 51.2 Å². The summed E-state index contributed by atoms with van der Waals surface area (Å²) in [4.78, 5) is 2.42. The summed E-state index contributed by atoms with van der Waals surface area (Å²) in [7, 11) is 1.67. The highest BCUT2D eigenvalue weighted by Crippen LogP contribution is 2.37. The molecule has 1 aliphatic heterocycles. The smallest absolute Gasteiger partial charge is 0.0701 e. The number of nitrogens with zero attached hydrogens (tertiary/aromatic N) is 1. The van der Waals surface area contributed by atoms with Gasteiger partial charge >= 0.3 is 0 Å². The Bertz CT molecular complexity index is 252. The maximum absolute atomic E-state index is 9.84. The van der Waals surface area contributed by atoms with E-state index in [0.29, 0.717) is 38.3 Å². The first-order valence-electron chi connectivity index (χ1n) is 7.36. The zero-order valence-electron chi connectivity index (χ0n) is 11.9. The van der Waals surface area contributed by atoms with Crippen LogP contribution in [0.15, 0.2) is 0 Å². The molecule has 0 aromatic rings. The van der Waals surface area contributed by atoms with Gasteiger partial charge in [-0.1, -0.05) is 0 Å². The van der Waals surface area contributed by atoms with Crippen molar-refractivity contribution >= 4 is 0 Å². The van der Waals surface area contributed by atoms with E-state index in [4.69, 9.17) is 14.2 Å². The third-order valence-electron chi connectivity index (χ3n) is 4.25. The van der Waals surface area contributed by atoms with Crippen molar-refractivity contribution in [2.24, 2.45) is 11.8 Å². The fraction of sp³-hybridized carbons (Fsp3) is 1.00. The zero-order chi connectivity index (χ0) is 13.5. The molecule has 1 saturated carbocycles. The number of rotatable bonds is 9. The summed E-state index contributed by atoms with van der Waals surface area (Å²) in [6.45, 7) is 6.45. The minimum Gasteiger partial charge on any atom is -0.393 e. The largest absolute Gasteiger partial charge is 0.393 e. The lowest BCUT2D eigenvalue weighted by Crippen LogP contribution is -2.28. The second-order valence-electron chi connectivity index (χ2n) is 5.55. The van der Waals surface area contributed by atoms with Gasteiger partial charge in [0.05, 0.1) is 39.1 Å². The van der Waals surface area contributed by atoms with E-state index < -0.39 is 0 Å². The van der Waals surface area contributed by atoms with E-state index >= 15 is 0 Å². The molecule has 1 N–H and O–H groups in total. The maximum atomic E-state index is 9.84. The van der Waals surface area contributed by atoms with E-state index in [0.717, 1.165) is 32.7 Å². The highest BCUT2D eigenvalue weighted by Gasteiger charge is 2.41. The van der Waals surface area contributed by atoms with Gasteiger partial charge in [-0.3, -0.25) is 0 Å². The standard InChI is InChI=1S/C14H27NO4/c1-17-6-7-19-9-8-18-5-4-15-10-12-2-3-14(16)13(12)11-15/h12-14,16H,2-11H2,1H3. The minimum absolute atomic E-state index is 0.0647. The number of methoxy groups -OCH3 is 1. The lowest BCUT2D eigenvalue weighted by molar-refractivity contribution is 0.0199. The molecule has 0 aromatic heterocycles. The maximum Gasteiger partial charge on any atom is 0.0701 e. The molecular formula is C14H27NO4. The van der Waals surface area contributed by atoms with Crippen LogP contribution in [0.4, 0.5) is 0 Å². The third kappa shape index (κ3) is 4.68. The van der Waals surface area contributed by atoms with Crippen LogP contribution in [0.5, 0.6) is 0 Å². The Kier molecular flexibility index (Phi) is 6.53. The van der Waals surface area contributed by atoms with Crippen LogP contribution in [-0.2, 0) is 14.2 Å². The van der Waals surface area contributed by atoms with Gasteiger partial charge in [-0.05, 0) is 18.8 Å². The predicted octanol–water partition coefficient (Wildman–Crippen LogP) is 0.369. The van der Waals surface area contributed by atoms with E-state index in [2.05, 4.69) is 4.90 Å². The van der Waals surface area contributed by atoms with Crippen LogP contribution in [0, 0.1) is 11.8 Å². The van der Waals surface area contributed by atoms with Crippen molar-refractivity contribution in [3.63, 3.8) is 0 Å². The molecule has 5 heteroatoms. The molecule has 0 bridgehead atoms. The van der Waals surface area contributed by atoms with Gasteiger partial charge in [0.2, 0.25) is 0 Å². The molecule has 0 aromatic carbocycles. The molecule has 0 radical (unpaired) electrons. The van der Waals surface area contributed by atoms with Crippen molar-refractivity contribution in [3.05, 3.63) is 0 Å². The first-order chi connectivity index (χ1) is 9.31. The molecule has 1 saturated heterocycles. The van der Waals surface area contributed by atoms with Crippen LogP contribution in [0.3, 0.4) is 0 Å². The Hall–Kier alpha value is -0.200. The van der Waals surface area contributed by atoms with Gasteiger partial charge in [0.1, 0.15) is 0 Å². The van der Waals surface area contributed by atoms with Gasteiger partial charge in [0, 0.05) is 32.7 Å². The summed E-state index contributed by atoms with van der Waals surface area (Å²) in [5.41, 5.74) is 0. The summed E-state index contributed by atoms with van der Waals surface area (Å²) in [6, 6.07) is 0. The van der Waals surface area contributed by atoms with Gasteiger partial charge in [-0.15, -0.1) is 0 Å². The Labute approximate surface area is 115 Å². The molecule has 2 aliphatic rings. The number of likely N-dealkylation sites (tertiary alicyclic amines) is 1. The first kappa shape index (κ1) is 15.2. The molecule has 3 unspecified atom stereocenters. The quantitative estimate of drug-likeness (QED) is 0.615. The third-order valence-corrected chi connectivity index (χ3v) is 4.25. The van der Waals surface area contributed by atoms with Crippen molar-refractivity contribution < 1.29 is 19.3 Å². The summed E-state index contributed by atoms with van der Waals surface area (Å²) < 4.78 is 15.8.